The van der Waals surface area contributed by atoms with E-state index in [1.165, 1.54) is 5.57 Å². The number of pyridine rings is 1. The topological polar surface area (TPSA) is 108 Å². The molecule has 0 aliphatic carbocycles. The number of amidine groups is 1. The molecule has 2 N–H and O–H groups in total. The van der Waals surface area contributed by atoms with E-state index in [1.54, 1.807) is 19.5 Å². The van der Waals surface area contributed by atoms with Gasteiger partial charge in [0.25, 0.3) is 0 Å². The van der Waals surface area contributed by atoms with E-state index >= 15 is 0 Å². The molecule has 9 nitrogen and oxygen atoms in total. The van der Waals surface area contributed by atoms with E-state index in [0.717, 1.165) is 28.1 Å². The molecule has 0 radical (unpaired) electrons. The van der Waals surface area contributed by atoms with Crippen LogP contribution in [0.2, 0.25) is 0 Å². The lowest BCUT2D eigenvalue weighted by molar-refractivity contribution is 0.320. The summed E-state index contributed by atoms with van der Waals surface area (Å²) in [5.74, 6) is 2.11. The average Bonchev–Trinajstić information content (AvgIpc) is 3.36. The van der Waals surface area contributed by atoms with Gasteiger partial charge in [-0.25, -0.2) is 15.0 Å². The Labute approximate surface area is 167 Å². The van der Waals surface area contributed by atoms with Gasteiger partial charge in [-0.3, -0.25) is 10.4 Å². The van der Waals surface area contributed by atoms with Gasteiger partial charge in [0, 0.05) is 18.0 Å². The largest absolute Gasteiger partial charge is 0.425 e. The molecule has 0 saturated carbocycles. The Morgan fingerprint density at radius 3 is 2.86 bits per heavy atom. The molecule has 0 bridgehead atoms. The molecular weight excluding hydrogens is 368 g/mol. The Bertz CT molecular complexity index is 1180. The van der Waals surface area contributed by atoms with Crippen molar-refractivity contribution in [2.75, 3.05) is 6.54 Å². The first-order valence-electron chi connectivity index (χ1n) is 9.64. The van der Waals surface area contributed by atoms with E-state index in [1.807, 2.05) is 13.0 Å². The Morgan fingerprint density at radius 1 is 1.24 bits per heavy atom. The first kappa shape index (κ1) is 17.6. The predicted octanol–water partition coefficient (Wildman–Crippen LogP) is 3.15. The van der Waals surface area contributed by atoms with E-state index in [2.05, 4.69) is 55.5 Å². The second-order valence-corrected chi connectivity index (χ2v) is 7.69. The van der Waals surface area contributed by atoms with Crippen molar-refractivity contribution in [2.45, 2.75) is 33.6 Å². The van der Waals surface area contributed by atoms with Crippen LogP contribution in [0.25, 0.3) is 11.0 Å². The molecule has 148 valence electrons. The quantitative estimate of drug-likeness (QED) is 0.711. The summed E-state index contributed by atoms with van der Waals surface area (Å²) in [6.07, 6.45) is 3.42. The minimum Gasteiger partial charge on any atom is -0.425 e. The molecule has 2 aliphatic rings. The zero-order valence-corrected chi connectivity index (χ0v) is 16.8. The Kier molecular flexibility index (Phi) is 3.97. The fourth-order valence-corrected chi connectivity index (χ4v) is 4.03. The number of aromatic nitrogens is 4. The summed E-state index contributed by atoms with van der Waals surface area (Å²) in [7, 11) is 0. The summed E-state index contributed by atoms with van der Waals surface area (Å²) in [6, 6.07) is 4.08. The van der Waals surface area contributed by atoms with Crippen LogP contribution in [0.15, 0.2) is 44.0 Å². The second-order valence-electron chi connectivity index (χ2n) is 7.69. The highest BCUT2D eigenvalue weighted by Crippen LogP contribution is 2.40. The van der Waals surface area contributed by atoms with Gasteiger partial charge in [0.1, 0.15) is 17.7 Å². The number of rotatable bonds is 3. The van der Waals surface area contributed by atoms with Crippen molar-refractivity contribution in [3.05, 3.63) is 47.1 Å². The number of nitrogens with zero attached hydrogens (tertiary/aromatic N) is 6. The van der Waals surface area contributed by atoms with Crippen LogP contribution in [0.1, 0.15) is 37.2 Å². The fraction of sp³-hybridized carbons (Fsp3) is 0.350. The van der Waals surface area contributed by atoms with E-state index in [0.29, 0.717) is 24.2 Å². The molecule has 0 aromatic carbocycles. The van der Waals surface area contributed by atoms with Gasteiger partial charge in [0.05, 0.1) is 24.3 Å². The highest BCUT2D eigenvalue weighted by Gasteiger charge is 2.40. The molecule has 0 unspecified atom stereocenters. The molecule has 29 heavy (non-hydrogen) atoms. The van der Waals surface area contributed by atoms with E-state index in [-0.39, 0.29) is 11.8 Å². The summed E-state index contributed by atoms with van der Waals surface area (Å²) in [4.78, 5) is 17.1. The number of aromatic amines is 1. The molecule has 0 fully saturated rings. The summed E-state index contributed by atoms with van der Waals surface area (Å²) < 4.78 is 5.75. The number of hydrogen-bond donors (Lipinski definition) is 2. The number of hydrogen-bond acceptors (Lipinski definition) is 7. The van der Waals surface area contributed by atoms with Crippen LogP contribution in [-0.4, -0.2) is 43.9 Å². The third-order valence-corrected chi connectivity index (χ3v) is 5.18. The van der Waals surface area contributed by atoms with Crippen LogP contribution in [0.5, 0.6) is 0 Å². The van der Waals surface area contributed by atoms with Crippen LogP contribution in [0.3, 0.4) is 0 Å². The third kappa shape index (κ3) is 2.98. The molecule has 2 aliphatic heterocycles. The van der Waals surface area contributed by atoms with Crippen molar-refractivity contribution in [3.63, 3.8) is 0 Å². The monoisotopic (exact) mass is 390 g/mol. The first-order valence-corrected chi connectivity index (χ1v) is 9.64. The van der Waals surface area contributed by atoms with Gasteiger partial charge in [-0.05, 0) is 30.5 Å². The molecule has 3 aromatic rings. The smallest absolute Gasteiger partial charge is 0.225 e. The highest BCUT2D eigenvalue weighted by molar-refractivity contribution is 6.06. The van der Waals surface area contributed by atoms with Gasteiger partial charge >= 0.3 is 0 Å². The van der Waals surface area contributed by atoms with Crippen molar-refractivity contribution in [2.24, 2.45) is 15.9 Å². The standard InChI is InChI=1S/C20H22N8O/c1-10(2)16-15(20-27-26-12(4)29-20)8-28-17(16)19(22-9-23-28)25-14-6-13-5-11(3)24-18(13)21-7-14/h5-7,9-10,15H,8H2,1-4H3,(H,21,24)(H,22,23,25)/t15-/m1/s1. The van der Waals surface area contributed by atoms with E-state index in [4.69, 9.17) is 9.41 Å². The Hall–Kier alpha value is -3.49. The lowest BCUT2D eigenvalue weighted by atomic mass is 9.90. The van der Waals surface area contributed by atoms with Gasteiger partial charge in [-0.1, -0.05) is 13.8 Å². The molecule has 5 rings (SSSR count). The van der Waals surface area contributed by atoms with Crippen LogP contribution >= 0.6 is 0 Å². The normalized spacial score (nSPS) is 20.2. The zero-order chi connectivity index (χ0) is 20.1. The summed E-state index contributed by atoms with van der Waals surface area (Å²) in [5.41, 5.74) is 8.05. The molecule has 9 heteroatoms. The lowest BCUT2D eigenvalue weighted by Crippen LogP contribution is -2.40. The van der Waals surface area contributed by atoms with Gasteiger partial charge in [-0.2, -0.15) is 0 Å². The van der Waals surface area contributed by atoms with Crippen molar-refractivity contribution < 1.29 is 4.42 Å². The minimum atomic E-state index is -0.00136. The number of aryl methyl sites for hydroxylation is 2. The van der Waals surface area contributed by atoms with Crippen LogP contribution in [0, 0.1) is 19.8 Å². The number of aliphatic imine (C=N–C) groups is 2. The minimum absolute atomic E-state index is 0.00136. The average molecular weight is 390 g/mol. The molecule has 3 aromatic heterocycles. The molecule has 0 spiro atoms. The van der Waals surface area contributed by atoms with Crippen LogP contribution < -0.4 is 5.43 Å². The van der Waals surface area contributed by atoms with Gasteiger partial charge in [0.15, 0.2) is 5.84 Å². The molecule has 1 atom stereocenters. The number of H-pyrrole nitrogens is 1. The van der Waals surface area contributed by atoms with E-state index in [9.17, 15) is 0 Å². The first-order chi connectivity index (χ1) is 14.0. The highest BCUT2D eigenvalue weighted by atomic mass is 16.4. The maximum atomic E-state index is 5.75. The number of hydrazine groups is 1. The Morgan fingerprint density at radius 2 is 2.10 bits per heavy atom. The van der Waals surface area contributed by atoms with Crippen molar-refractivity contribution >= 4 is 28.9 Å². The predicted molar refractivity (Wildman–Crippen MR) is 110 cm³/mol. The Balaban J connectivity index is 1.61. The lowest BCUT2D eigenvalue weighted by Gasteiger charge is -2.25. The maximum Gasteiger partial charge on any atom is 0.225 e. The zero-order valence-electron chi connectivity index (χ0n) is 16.8. The molecular formula is C20H22N8O. The molecule has 0 amide bonds. The molecule has 5 heterocycles. The van der Waals surface area contributed by atoms with Crippen LogP contribution in [0.4, 0.5) is 5.69 Å². The summed E-state index contributed by atoms with van der Waals surface area (Å²) in [6.45, 7) is 8.83. The molecule has 0 saturated heterocycles. The van der Waals surface area contributed by atoms with Gasteiger partial charge in [-0.15, -0.1) is 10.2 Å². The summed E-state index contributed by atoms with van der Waals surface area (Å²) in [5, 5.41) is 11.4. The summed E-state index contributed by atoms with van der Waals surface area (Å²) >= 11 is 0. The third-order valence-electron chi connectivity index (χ3n) is 5.18. The fourth-order valence-electron chi connectivity index (χ4n) is 4.03. The van der Waals surface area contributed by atoms with Gasteiger partial charge in [0.2, 0.25) is 11.8 Å². The number of nitrogens with one attached hydrogen (secondary N) is 2. The SMILES string of the molecule is Cc1cc2cc(N=C3N=CNN4C[C@@H](c5nnc(C)o5)C(C(C)C)=C34)cnc2[nH]1. The van der Waals surface area contributed by atoms with Crippen molar-refractivity contribution in [1.29, 1.82) is 0 Å². The van der Waals surface area contributed by atoms with E-state index < -0.39 is 0 Å². The van der Waals surface area contributed by atoms with Crippen molar-refractivity contribution in [3.8, 4) is 0 Å². The van der Waals surface area contributed by atoms with Crippen molar-refractivity contribution in [1.82, 2.24) is 30.6 Å². The number of fused-ring (bicyclic) bond motifs is 2. The second kappa shape index (κ2) is 6.54. The van der Waals surface area contributed by atoms with Crippen LogP contribution in [-0.2, 0) is 0 Å². The van der Waals surface area contributed by atoms with Gasteiger partial charge < -0.3 is 9.40 Å². The maximum absolute atomic E-state index is 5.75.